The van der Waals surface area contributed by atoms with Gasteiger partial charge in [-0.3, -0.25) is 9.20 Å². The summed E-state index contributed by atoms with van der Waals surface area (Å²) in [7, 11) is 0. The maximum Gasteiger partial charge on any atom is 0.490 e. The van der Waals surface area contributed by atoms with E-state index in [0.29, 0.717) is 12.5 Å². The Balaban J connectivity index is 1.56. The number of alkyl halides is 6. The van der Waals surface area contributed by atoms with Crippen molar-refractivity contribution in [2.45, 2.75) is 50.2 Å². The SMILES string of the molecule is Cc1ccc(C(C)(OC(=O)C(F)(F)F)C(F)(F)F)cc1-c1cnc2c(N)nc(C(=O)NC34CCN(CC3)C4)cn12. The first-order valence-electron chi connectivity index (χ1n) is 12.2. The lowest BCUT2D eigenvalue weighted by Gasteiger charge is -2.32. The van der Waals surface area contributed by atoms with Crippen molar-refractivity contribution in [1.29, 1.82) is 0 Å². The minimum absolute atomic E-state index is 0.0444. The Bertz CT molecular complexity index is 1510. The van der Waals surface area contributed by atoms with Gasteiger partial charge in [0, 0.05) is 37.0 Å². The summed E-state index contributed by atoms with van der Waals surface area (Å²) in [5, 5.41) is 3.03. The first-order chi connectivity index (χ1) is 18.5. The molecule has 0 radical (unpaired) electrons. The predicted octanol–water partition coefficient (Wildman–Crippen LogP) is 3.75. The van der Waals surface area contributed by atoms with Crippen LogP contribution in [0.5, 0.6) is 0 Å². The van der Waals surface area contributed by atoms with Gasteiger partial charge in [-0.2, -0.15) is 26.3 Å². The van der Waals surface area contributed by atoms with E-state index in [0.717, 1.165) is 44.6 Å². The van der Waals surface area contributed by atoms with Crippen LogP contribution in [0.25, 0.3) is 16.9 Å². The number of rotatable bonds is 5. The molecule has 3 aromatic rings. The third-order valence-corrected chi connectivity index (χ3v) is 7.60. The van der Waals surface area contributed by atoms with Gasteiger partial charge < -0.3 is 20.7 Å². The number of anilines is 1. The van der Waals surface area contributed by atoms with E-state index in [1.165, 1.54) is 22.9 Å². The zero-order chi connectivity index (χ0) is 29.3. The topological polar surface area (TPSA) is 115 Å². The average molecular weight is 570 g/mol. The van der Waals surface area contributed by atoms with Crippen molar-refractivity contribution in [3.8, 4) is 11.3 Å². The van der Waals surface area contributed by atoms with Gasteiger partial charge in [-0.1, -0.05) is 12.1 Å². The molecule has 5 rings (SSSR count). The number of imidazole rings is 1. The number of nitrogens with one attached hydrogen (secondary N) is 1. The van der Waals surface area contributed by atoms with Gasteiger partial charge in [0.25, 0.3) is 5.91 Å². The number of fused-ring (bicyclic) bond motifs is 3. The normalized spacial score (nSPS) is 22.4. The van der Waals surface area contributed by atoms with E-state index >= 15 is 0 Å². The molecule has 0 saturated carbocycles. The summed E-state index contributed by atoms with van der Waals surface area (Å²) in [6.07, 6.45) is -6.82. The van der Waals surface area contributed by atoms with E-state index in [1.807, 2.05) is 0 Å². The Morgan fingerprint density at radius 2 is 1.80 bits per heavy atom. The van der Waals surface area contributed by atoms with Crippen LogP contribution in [0.2, 0.25) is 0 Å². The number of aryl methyl sites for hydroxylation is 1. The van der Waals surface area contributed by atoms with Gasteiger partial charge >= 0.3 is 18.3 Å². The molecule has 2 aliphatic heterocycles. The minimum Gasteiger partial charge on any atom is -0.438 e. The van der Waals surface area contributed by atoms with Crippen molar-refractivity contribution in [3.05, 3.63) is 47.4 Å². The zero-order valence-electron chi connectivity index (χ0n) is 21.3. The predicted molar refractivity (Wildman–Crippen MR) is 129 cm³/mol. The summed E-state index contributed by atoms with van der Waals surface area (Å²) in [6, 6.07) is 3.15. The first-order valence-corrected chi connectivity index (χ1v) is 12.2. The van der Waals surface area contributed by atoms with Crippen LogP contribution in [0.15, 0.2) is 30.6 Å². The lowest BCUT2D eigenvalue weighted by Crippen LogP contribution is -2.48. The summed E-state index contributed by atoms with van der Waals surface area (Å²) < 4.78 is 86.1. The Labute approximate surface area is 223 Å². The fourth-order valence-electron chi connectivity index (χ4n) is 5.23. The van der Waals surface area contributed by atoms with Crippen LogP contribution in [0.3, 0.4) is 0 Å². The molecule has 2 bridgehead atoms. The summed E-state index contributed by atoms with van der Waals surface area (Å²) in [5.41, 5.74) is 2.13. The van der Waals surface area contributed by atoms with Gasteiger partial charge in [0.2, 0.25) is 5.60 Å². The minimum atomic E-state index is -5.64. The van der Waals surface area contributed by atoms with Crippen molar-refractivity contribution < 1.29 is 40.7 Å². The molecule has 2 aromatic heterocycles. The zero-order valence-corrected chi connectivity index (χ0v) is 21.3. The molecule has 9 nitrogen and oxygen atoms in total. The Morgan fingerprint density at radius 3 is 2.38 bits per heavy atom. The van der Waals surface area contributed by atoms with E-state index in [9.17, 15) is 35.9 Å². The number of hydrogen-bond donors (Lipinski definition) is 2. The Morgan fingerprint density at radius 1 is 1.12 bits per heavy atom. The van der Waals surface area contributed by atoms with E-state index < -0.39 is 35.4 Å². The van der Waals surface area contributed by atoms with Gasteiger partial charge in [-0.25, -0.2) is 14.8 Å². The van der Waals surface area contributed by atoms with Crippen LogP contribution >= 0.6 is 0 Å². The molecule has 4 heterocycles. The van der Waals surface area contributed by atoms with E-state index in [1.54, 1.807) is 6.92 Å². The maximum atomic E-state index is 14.1. The fourth-order valence-corrected chi connectivity index (χ4v) is 5.23. The number of carbonyl (C=O) groups is 2. The molecule has 1 atom stereocenters. The number of nitrogens with zero attached hydrogens (tertiary/aromatic N) is 4. The second kappa shape index (κ2) is 9.08. The van der Waals surface area contributed by atoms with Crippen LogP contribution in [-0.4, -0.2) is 68.7 Å². The second-order valence-electron chi connectivity index (χ2n) is 10.3. The highest BCUT2D eigenvalue weighted by Gasteiger charge is 2.59. The maximum absolute atomic E-state index is 14.1. The second-order valence-corrected chi connectivity index (χ2v) is 10.3. The van der Waals surface area contributed by atoms with Crippen molar-refractivity contribution in [3.63, 3.8) is 0 Å². The quantitative estimate of drug-likeness (QED) is 0.355. The summed E-state index contributed by atoms with van der Waals surface area (Å²) in [5.74, 6) is -3.57. The summed E-state index contributed by atoms with van der Waals surface area (Å²) >= 11 is 0. The standard InChI is InChI=1S/C25H24F6N6O3/c1-13-3-4-14(22(2,25(29,30)31)40-21(39)24(26,27)28)9-15(13)17-10-33-19-18(32)34-16(11-37(17)19)20(38)35-23-5-7-36(12-23)8-6-23/h3-4,9-11H,5-8,12H2,1-2H3,(H2,32,34)(H,35,38). The Kier molecular flexibility index (Phi) is 6.28. The molecule has 2 aliphatic rings. The molecule has 2 fully saturated rings. The van der Waals surface area contributed by atoms with Gasteiger partial charge in [0.05, 0.1) is 17.4 Å². The third kappa shape index (κ3) is 4.61. The van der Waals surface area contributed by atoms with Crippen molar-refractivity contribution >= 4 is 23.3 Å². The van der Waals surface area contributed by atoms with Crippen molar-refractivity contribution in [2.75, 3.05) is 25.4 Å². The van der Waals surface area contributed by atoms with E-state index in [-0.39, 0.29) is 34.0 Å². The van der Waals surface area contributed by atoms with E-state index in [4.69, 9.17) is 5.73 Å². The number of esters is 1. The molecule has 0 aliphatic carbocycles. The van der Waals surface area contributed by atoms with Crippen LogP contribution in [-0.2, 0) is 15.1 Å². The smallest absolute Gasteiger partial charge is 0.438 e. The number of hydrogen-bond acceptors (Lipinski definition) is 7. The molecule has 1 unspecified atom stereocenters. The molecule has 1 aromatic carbocycles. The molecule has 1 amide bonds. The highest BCUT2D eigenvalue weighted by molar-refractivity contribution is 5.94. The number of benzene rings is 1. The number of ether oxygens (including phenoxy) is 1. The van der Waals surface area contributed by atoms with Crippen LogP contribution in [0.4, 0.5) is 32.2 Å². The molecule has 40 heavy (non-hydrogen) atoms. The highest BCUT2D eigenvalue weighted by atomic mass is 19.4. The fraction of sp³-hybridized carbons (Fsp3) is 0.440. The Hall–Kier alpha value is -3.88. The van der Waals surface area contributed by atoms with Crippen molar-refractivity contribution in [2.24, 2.45) is 0 Å². The number of piperidine rings is 1. The average Bonchev–Trinajstić information content (AvgIpc) is 3.57. The molecule has 3 N–H and O–H groups in total. The number of nitrogens with two attached hydrogens (primary N) is 1. The van der Waals surface area contributed by atoms with Gasteiger partial charge in [0.1, 0.15) is 5.69 Å². The number of nitrogen functional groups attached to an aromatic ring is 1. The number of amides is 1. The largest absolute Gasteiger partial charge is 0.490 e. The van der Waals surface area contributed by atoms with Gasteiger partial charge in [0.15, 0.2) is 11.5 Å². The monoisotopic (exact) mass is 570 g/mol. The number of carbonyl (C=O) groups excluding carboxylic acids is 2. The molecule has 15 heteroatoms. The molecule has 214 valence electrons. The summed E-state index contributed by atoms with van der Waals surface area (Å²) in [4.78, 5) is 35.2. The van der Waals surface area contributed by atoms with Crippen molar-refractivity contribution in [1.82, 2.24) is 24.6 Å². The molecular formula is C25H24F6N6O3. The molecular weight excluding hydrogens is 546 g/mol. The third-order valence-electron chi connectivity index (χ3n) is 7.60. The molecule has 0 spiro atoms. The van der Waals surface area contributed by atoms with Crippen LogP contribution in [0.1, 0.15) is 41.4 Å². The molecule has 2 saturated heterocycles. The van der Waals surface area contributed by atoms with Gasteiger partial charge in [-0.05, 0) is 38.3 Å². The highest BCUT2D eigenvalue weighted by Crippen LogP contribution is 2.44. The number of halogens is 6. The van der Waals surface area contributed by atoms with Crippen LogP contribution < -0.4 is 11.1 Å². The first kappa shape index (κ1) is 27.7. The van der Waals surface area contributed by atoms with Crippen LogP contribution in [0, 0.1) is 6.92 Å². The lowest BCUT2D eigenvalue weighted by molar-refractivity contribution is -0.285. The lowest BCUT2D eigenvalue weighted by atomic mass is 9.91. The van der Waals surface area contributed by atoms with E-state index in [2.05, 4.69) is 24.9 Å². The number of aromatic nitrogens is 3. The van der Waals surface area contributed by atoms with Gasteiger partial charge in [-0.15, -0.1) is 0 Å². The summed E-state index contributed by atoms with van der Waals surface area (Å²) in [6.45, 7) is 4.36.